The second-order valence-corrected chi connectivity index (χ2v) is 6.63. The lowest BCUT2D eigenvalue weighted by atomic mass is 10.1. The van der Waals surface area contributed by atoms with Gasteiger partial charge in [0, 0.05) is 35.9 Å². The number of hydrogen-bond donors (Lipinski definition) is 2. The Morgan fingerprint density at radius 2 is 2.08 bits per heavy atom. The predicted octanol–water partition coefficient (Wildman–Crippen LogP) is 3.51. The van der Waals surface area contributed by atoms with Gasteiger partial charge in [-0.2, -0.15) is 0 Å². The van der Waals surface area contributed by atoms with Crippen LogP contribution >= 0.6 is 0 Å². The maximum absolute atomic E-state index is 12.8. The van der Waals surface area contributed by atoms with Gasteiger partial charge < -0.3 is 10.3 Å². The number of anilines is 1. The number of para-hydroxylation sites is 1. The van der Waals surface area contributed by atoms with Crippen molar-refractivity contribution in [1.82, 2.24) is 19.5 Å². The van der Waals surface area contributed by atoms with E-state index >= 15 is 0 Å². The lowest BCUT2D eigenvalue weighted by Gasteiger charge is -2.15. The molecule has 1 aromatic carbocycles. The van der Waals surface area contributed by atoms with Crippen LogP contribution in [0.25, 0.3) is 21.9 Å². The molecule has 0 aliphatic heterocycles. The van der Waals surface area contributed by atoms with Crippen LogP contribution in [0.3, 0.4) is 0 Å². The zero-order valence-corrected chi connectivity index (χ0v) is 14.9. The molecule has 132 valence electrons. The van der Waals surface area contributed by atoms with E-state index in [1.54, 1.807) is 17.0 Å². The Morgan fingerprint density at radius 1 is 1.23 bits per heavy atom. The Hall–Kier alpha value is -3.15. The first-order valence-corrected chi connectivity index (χ1v) is 8.80. The third kappa shape index (κ3) is 2.83. The van der Waals surface area contributed by atoms with Crippen LogP contribution in [0.1, 0.15) is 25.5 Å². The van der Waals surface area contributed by atoms with Crippen LogP contribution in [0.15, 0.2) is 53.7 Å². The zero-order valence-electron chi connectivity index (χ0n) is 14.9. The number of H-pyrrole nitrogens is 1. The van der Waals surface area contributed by atoms with Gasteiger partial charge in [0.1, 0.15) is 0 Å². The maximum atomic E-state index is 12.8. The number of rotatable bonds is 5. The average molecular weight is 347 g/mol. The van der Waals surface area contributed by atoms with Gasteiger partial charge in [0.2, 0.25) is 0 Å². The van der Waals surface area contributed by atoms with Crippen LogP contribution < -0.4 is 10.9 Å². The maximum Gasteiger partial charge on any atom is 0.294 e. The molecule has 26 heavy (non-hydrogen) atoms. The smallest absolute Gasteiger partial charge is 0.294 e. The topological polar surface area (TPSA) is 75.6 Å². The molecule has 6 heteroatoms. The van der Waals surface area contributed by atoms with E-state index in [0.29, 0.717) is 12.4 Å². The van der Waals surface area contributed by atoms with Crippen LogP contribution in [0.5, 0.6) is 0 Å². The van der Waals surface area contributed by atoms with Crippen LogP contribution in [0, 0.1) is 0 Å². The molecule has 0 amide bonds. The first kappa shape index (κ1) is 16.3. The second-order valence-electron chi connectivity index (χ2n) is 6.63. The van der Waals surface area contributed by atoms with Crippen molar-refractivity contribution in [3.63, 3.8) is 0 Å². The van der Waals surface area contributed by atoms with Gasteiger partial charge in [-0.1, -0.05) is 18.2 Å². The summed E-state index contributed by atoms with van der Waals surface area (Å²) in [5, 5.41) is 4.44. The largest absolute Gasteiger partial charge is 0.365 e. The molecule has 0 fully saturated rings. The molecule has 3 heterocycles. The Balaban J connectivity index is 1.61. The van der Waals surface area contributed by atoms with Crippen LogP contribution in [0.4, 0.5) is 5.82 Å². The Kier molecular flexibility index (Phi) is 4.16. The standard InChI is InChI=1S/C20H21N5O/c1-13(2)25-18-12-21-9-8-17(18)24-19(20(25)26)22-10-7-14-11-23-16-6-4-3-5-15(14)16/h3-6,8-9,11-13,23H,7,10H2,1-2H3,(H,22,24). The van der Waals surface area contributed by atoms with Crippen molar-refractivity contribution in [2.45, 2.75) is 26.3 Å². The Morgan fingerprint density at radius 3 is 2.92 bits per heavy atom. The summed E-state index contributed by atoms with van der Waals surface area (Å²) >= 11 is 0. The van der Waals surface area contributed by atoms with Crippen molar-refractivity contribution in [1.29, 1.82) is 0 Å². The minimum atomic E-state index is -0.112. The van der Waals surface area contributed by atoms with Crippen LogP contribution in [-0.4, -0.2) is 26.1 Å². The summed E-state index contributed by atoms with van der Waals surface area (Å²) < 4.78 is 1.74. The summed E-state index contributed by atoms with van der Waals surface area (Å²) in [6, 6.07) is 10.1. The molecular weight excluding hydrogens is 326 g/mol. The van der Waals surface area contributed by atoms with Crippen LogP contribution in [-0.2, 0) is 6.42 Å². The number of aromatic amines is 1. The van der Waals surface area contributed by atoms with E-state index in [9.17, 15) is 4.79 Å². The molecule has 3 aromatic heterocycles. The number of fused-ring (bicyclic) bond motifs is 2. The van der Waals surface area contributed by atoms with Gasteiger partial charge in [0.25, 0.3) is 5.56 Å². The summed E-state index contributed by atoms with van der Waals surface area (Å²) in [5.74, 6) is 0.386. The van der Waals surface area contributed by atoms with E-state index in [1.807, 2.05) is 38.2 Å². The molecule has 0 bridgehead atoms. The minimum absolute atomic E-state index is 0.0337. The normalized spacial score (nSPS) is 11.5. The zero-order chi connectivity index (χ0) is 18.1. The van der Waals surface area contributed by atoms with Gasteiger partial charge in [0.15, 0.2) is 5.82 Å². The number of pyridine rings is 1. The van der Waals surface area contributed by atoms with E-state index in [4.69, 9.17) is 0 Å². The Bertz CT molecular complexity index is 1130. The fourth-order valence-corrected chi connectivity index (χ4v) is 3.33. The fourth-order valence-electron chi connectivity index (χ4n) is 3.33. The molecule has 0 aliphatic carbocycles. The molecule has 4 rings (SSSR count). The highest BCUT2D eigenvalue weighted by molar-refractivity contribution is 5.83. The van der Waals surface area contributed by atoms with Gasteiger partial charge in [-0.05, 0) is 38.0 Å². The molecular formula is C20H21N5O. The minimum Gasteiger partial charge on any atom is -0.365 e. The van der Waals surface area contributed by atoms with Crippen LogP contribution in [0.2, 0.25) is 0 Å². The lowest BCUT2D eigenvalue weighted by Crippen LogP contribution is -2.27. The third-order valence-corrected chi connectivity index (χ3v) is 4.57. The molecule has 0 spiro atoms. The molecule has 6 nitrogen and oxygen atoms in total. The monoisotopic (exact) mass is 347 g/mol. The molecule has 0 atom stereocenters. The van der Waals surface area contributed by atoms with Crippen molar-refractivity contribution in [2.24, 2.45) is 0 Å². The molecule has 0 saturated carbocycles. The van der Waals surface area contributed by atoms with Crippen molar-refractivity contribution in [3.05, 3.63) is 64.8 Å². The van der Waals surface area contributed by atoms with E-state index in [0.717, 1.165) is 23.0 Å². The lowest BCUT2D eigenvalue weighted by molar-refractivity contribution is 0.598. The highest BCUT2D eigenvalue weighted by Gasteiger charge is 2.13. The van der Waals surface area contributed by atoms with Crippen molar-refractivity contribution >= 4 is 27.8 Å². The van der Waals surface area contributed by atoms with Gasteiger partial charge in [-0.3, -0.25) is 14.3 Å². The molecule has 0 saturated heterocycles. The summed E-state index contributed by atoms with van der Waals surface area (Å²) in [4.78, 5) is 24.7. The number of benzene rings is 1. The average Bonchev–Trinajstić information content (AvgIpc) is 3.05. The van der Waals surface area contributed by atoms with E-state index in [-0.39, 0.29) is 11.6 Å². The van der Waals surface area contributed by atoms with Crippen molar-refractivity contribution in [2.75, 3.05) is 11.9 Å². The summed E-state index contributed by atoms with van der Waals surface area (Å²) in [7, 11) is 0. The molecule has 4 aromatic rings. The second kappa shape index (κ2) is 6.63. The highest BCUT2D eigenvalue weighted by atomic mass is 16.1. The molecule has 0 aliphatic rings. The van der Waals surface area contributed by atoms with Crippen molar-refractivity contribution < 1.29 is 0 Å². The summed E-state index contributed by atoms with van der Waals surface area (Å²) in [6.45, 7) is 4.62. The number of nitrogens with one attached hydrogen (secondary N) is 2. The van der Waals surface area contributed by atoms with E-state index in [2.05, 4.69) is 32.4 Å². The third-order valence-electron chi connectivity index (χ3n) is 4.57. The SMILES string of the molecule is CC(C)n1c(=O)c(NCCc2c[nH]c3ccccc23)nc2ccncc21. The molecule has 0 radical (unpaired) electrons. The van der Waals surface area contributed by atoms with Gasteiger partial charge in [-0.25, -0.2) is 4.98 Å². The van der Waals surface area contributed by atoms with E-state index < -0.39 is 0 Å². The number of nitrogens with zero attached hydrogens (tertiary/aromatic N) is 3. The number of aromatic nitrogens is 4. The van der Waals surface area contributed by atoms with Crippen molar-refractivity contribution in [3.8, 4) is 0 Å². The predicted molar refractivity (Wildman–Crippen MR) is 105 cm³/mol. The highest BCUT2D eigenvalue weighted by Crippen LogP contribution is 2.18. The van der Waals surface area contributed by atoms with Gasteiger partial charge in [0.05, 0.1) is 17.2 Å². The summed E-state index contributed by atoms with van der Waals surface area (Å²) in [5.41, 5.74) is 3.76. The number of hydrogen-bond acceptors (Lipinski definition) is 4. The quantitative estimate of drug-likeness (QED) is 0.579. The Labute approximate surface area is 150 Å². The molecule has 2 N–H and O–H groups in total. The van der Waals surface area contributed by atoms with Gasteiger partial charge in [-0.15, -0.1) is 0 Å². The van der Waals surface area contributed by atoms with Gasteiger partial charge >= 0.3 is 0 Å². The first-order chi connectivity index (χ1) is 12.6. The van der Waals surface area contributed by atoms with E-state index in [1.165, 1.54) is 10.9 Å². The summed E-state index contributed by atoms with van der Waals surface area (Å²) in [6.07, 6.45) is 6.22. The fraction of sp³-hybridized carbons (Fsp3) is 0.250. The first-order valence-electron chi connectivity index (χ1n) is 8.80. The molecule has 0 unspecified atom stereocenters.